The van der Waals surface area contributed by atoms with E-state index in [0.717, 1.165) is 12.1 Å². The molecule has 1 atom stereocenters. The number of benzene rings is 1. The first-order chi connectivity index (χ1) is 9.81. The topological polar surface area (TPSA) is 56.1 Å². The Hall–Kier alpha value is -2.14. The van der Waals surface area contributed by atoms with Gasteiger partial charge in [-0.2, -0.15) is 0 Å². The van der Waals surface area contributed by atoms with E-state index < -0.39 is 6.04 Å². The predicted octanol–water partition coefficient (Wildman–Crippen LogP) is 1.78. The number of ether oxygens (including phenoxy) is 1. The summed E-state index contributed by atoms with van der Waals surface area (Å²) in [6, 6.07) is 9.17. The van der Waals surface area contributed by atoms with Crippen LogP contribution >= 0.6 is 0 Å². The minimum Gasteiger partial charge on any atom is -0.465 e. The molecule has 0 spiro atoms. The molecule has 1 heterocycles. The molecule has 0 aliphatic carbocycles. The van der Waals surface area contributed by atoms with Gasteiger partial charge in [0.1, 0.15) is 6.04 Å². The summed E-state index contributed by atoms with van der Waals surface area (Å²) >= 11 is 0. The average Bonchev–Trinajstić information content (AvgIpc) is 2.98. The zero-order valence-electron chi connectivity index (χ0n) is 11.5. The number of carbonyl (C=O) groups excluding carboxylic acids is 1. The summed E-state index contributed by atoms with van der Waals surface area (Å²) in [7, 11) is 0. The van der Waals surface area contributed by atoms with Crippen LogP contribution in [0.4, 0.5) is 0 Å². The number of carbonyl (C=O) groups is 1. The molecule has 0 bridgehead atoms. The SMILES string of the molecule is CCOC(=O)C(NCCn1ccnc1)c1ccccc1. The van der Waals surface area contributed by atoms with Crippen LogP contribution in [0.15, 0.2) is 49.1 Å². The minimum atomic E-state index is -0.431. The molecule has 1 aromatic carbocycles. The quantitative estimate of drug-likeness (QED) is 0.781. The fraction of sp³-hybridized carbons (Fsp3) is 0.333. The molecule has 0 amide bonds. The second-order valence-corrected chi connectivity index (χ2v) is 4.35. The maximum Gasteiger partial charge on any atom is 0.327 e. The monoisotopic (exact) mass is 273 g/mol. The summed E-state index contributed by atoms with van der Waals surface area (Å²) in [6.07, 6.45) is 5.38. The maximum atomic E-state index is 12.0. The molecule has 1 N–H and O–H groups in total. The van der Waals surface area contributed by atoms with E-state index in [1.165, 1.54) is 0 Å². The van der Waals surface area contributed by atoms with Crippen molar-refractivity contribution < 1.29 is 9.53 Å². The summed E-state index contributed by atoms with van der Waals surface area (Å²) in [5, 5.41) is 3.24. The van der Waals surface area contributed by atoms with E-state index in [9.17, 15) is 4.79 Å². The number of aromatic nitrogens is 2. The lowest BCUT2D eigenvalue weighted by molar-refractivity contribution is -0.145. The van der Waals surface area contributed by atoms with E-state index in [1.54, 1.807) is 12.5 Å². The lowest BCUT2D eigenvalue weighted by Gasteiger charge is -2.17. The minimum absolute atomic E-state index is 0.246. The van der Waals surface area contributed by atoms with Crippen LogP contribution in [0.5, 0.6) is 0 Å². The summed E-state index contributed by atoms with van der Waals surface area (Å²) in [6.45, 7) is 3.61. The van der Waals surface area contributed by atoms with Crippen molar-refractivity contribution in [2.24, 2.45) is 0 Å². The fourth-order valence-electron chi connectivity index (χ4n) is 1.97. The molecule has 5 heteroatoms. The molecule has 0 fully saturated rings. The average molecular weight is 273 g/mol. The summed E-state index contributed by atoms with van der Waals surface area (Å²) < 4.78 is 7.08. The third kappa shape index (κ3) is 3.93. The Bertz CT molecular complexity index is 511. The summed E-state index contributed by atoms with van der Waals surface area (Å²) in [5.41, 5.74) is 0.914. The number of nitrogens with zero attached hydrogens (tertiary/aromatic N) is 2. The molecule has 2 aromatic rings. The van der Waals surface area contributed by atoms with E-state index in [4.69, 9.17) is 4.74 Å². The Morgan fingerprint density at radius 3 is 2.85 bits per heavy atom. The number of hydrogen-bond donors (Lipinski definition) is 1. The Labute approximate surface area is 118 Å². The zero-order chi connectivity index (χ0) is 14.2. The van der Waals surface area contributed by atoms with Crippen LogP contribution in [0.1, 0.15) is 18.5 Å². The van der Waals surface area contributed by atoms with E-state index in [-0.39, 0.29) is 5.97 Å². The molecule has 106 valence electrons. The molecule has 2 rings (SSSR count). The smallest absolute Gasteiger partial charge is 0.327 e. The van der Waals surface area contributed by atoms with Crippen LogP contribution in [0, 0.1) is 0 Å². The van der Waals surface area contributed by atoms with Gasteiger partial charge in [-0.05, 0) is 12.5 Å². The van der Waals surface area contributed by atoms with Crippen molar-refractivity contribution in [3.8, 4) is 0 Å². The van der Waals surface area contributed by atoms with Crippen LogP contribution in [0.2, 0.25) is 0 Å². The molecular formula is C15H19N3O2. The Kier molecular flexibility index (Phi) is 5.32. The highest BCUT2D eigenvalue weighted by Crippen LogP contribution is 2.14. The largest absolute Gasteiger partial charge is 0.465 e. The highest BCUT2D eigenvalue weighted by molar-refractivity contribution is 5.77. The molecule has 5 nitrogen and oxygen atoms in total. The molecule has 1 aromatic heterocycles. The van der Waals surface area contributed by atoms with E-state index in [0.29, 0.717) is 13.2 Å². The van der Waals surface area contributed by atoms with Gasteiger partial charge in [-0.25, -0.2) is 9.78 Å². The molecular weight excluding hydrogens is 254 g/mol. The van der Waals surface area contributed by atoms with Crippen molar-refractivity contribution in [1.29, 1.82) is 0 Å². The third-order valence-electron chi connectivity index (χ3n) is 2.93. The van der Waals surface area contributed by atoms with Crippen molar-refractivity contribution in [2.45, 2.75) is 19.5 Å². The Morgan fingerprint density at radius 1 is 1.40 bits per heavy atom. The van der Waals surface area contributed by atoms with Crippen LogP contribution in [-0.4, -0.2) is 28.7 Å². The lowest BCUT2D eigenvalue weighted by Crippen LogP contribution is -2.32. The molecule has 0 saturated carbocycles. The standard InChI is InChI=1S/C15H19N3O2/c1-2-20-15(19)14(13-6-4-3-5-7-13)17-9-11-18-10-8-16-12-18/h3-8,10,12,14,17H,2,9,11H2,1H3. The highest BCUT2D eigenvalue weighted by atomic mass is 16.5. The first kappa shape index (κ1) is 14.3. The van der Waals surface area contributed by atoms with E-state index >= 15 is 0 Å². The van der Waals surface area contributed by atoms with Gasteiger partial charge in [0.2, 0.25) is 0 Å². The van der Waals surface area contributed by atoms with Crippen LogP contribution < -0.4 is 5.32 Å². The van der Waals surface area contributed by atoms with Gasteiger partial charge in [-0.1, -0.05) is 30.3 Å². The van der Waals surface area contributed by atoms with Gasteiger partial charge >= 0.3 is 5.97 Å². The van der Waals surface area contributed by atoms with Crippen LogP contribution in [0.25, 0.3) is 0 Å². The first-order valence-corrected chi connectivity index (χ1v) is 6.72. The Morgan fingerprint density at radius 2 is 2.20 bits per heavy atom. The molecule has 0 aliphatic heterocycles. The molecule has 1 unspecified atom stereocenters. The zero-order valence-corrected chi connectivity index (χ0v) is 11.5. The number of hydrogen-bond acceptors (Lipinski definition) is 4. The van der Waals surface area contributed by atoms with Crippen molar-refractivity contribution in [3.05, 3.63) is 54.6 Å². The number of nitrogens with one attached hydrogen (secondary N) is 1. The van der Waals surface area contributed by atoms with Gasteiger partial charge in [0.05, 0.1) is 12.9 Å². The Balaban J connectivity index is 1.97. The normalized spacial score (nSPS) is 12.1. The van der Waals surface area contributed by atoms with E-state index in [1.807, 2.05) is 48.0 Å². The van der Waals surface area contributed by atoms with Gasteiger partial charge in [0.25, 0.3) is 0 Å². The third-order valence-corrected chi connectivity index (χ3v) is 2.93. The van der Waals surface area contributed by atoms with Crippen molar-refractivity contribution in [1.82, 2.24) is 14.9 Å². The van der Waals surface area contributed by atoms with Gasteiger partial charge in [-0.15, -0.1) is 0 Å². The van der Waals surface area contributed by atoms with Crippen molar-refractivity contribution in [2.75, 3.05) is 13.2 Å². The lowest BCUT2D eigenvalue weighted by atomic mass is 10.1. The fourth-order valence-corrected chi connectivity index (χ4v) is 1.97. The number of esters is 1. The van der Waals surface area contributed by atoms with Gasteiger partial charge in [0, 0.05) is 25.5 Å². The van der Waals surface area contributed by atoms with Gasteiger partial charge in [0.15, 0.2) is 0 Å². The highest BCUT2D eigenvalue weighted by Gasteiger charge is 2.20. The van der Waals surface area contributed by atoms with Gasteiger partial charge < -0.3 is 9.30 Å². The molecule has 20 heavy (non-hydrogen) atoms. The molecule has 0 aliphatic rings. The summed E-state index contributed by atoms with van der Waals surface area (Å²) in [4.78, 5) is 16.0. The predicted molar refractivity (Wildman–Crippen MR) is 76.0 cm³/mol. The van der Waals surface area contributed by atoms with Gasteiger partial charge in [-0.3, -0.25) is 5.32 Å². The number of imidazole rings is 1. The number of rotatable bonds is 7. The van der Waals surface area contributed by atoms with E-state index in [2.05, 4.69) is 10.3 Å². The maximum absolute atomic E-state index is 12.0. The van der Waals surface area contributed by atoms with Crippen LogP contribution in [0.3, 0.4) is 0 Å². The second kappa shape index (κ2) is 7.45. The summed E-state index contributed by atoms with van der Waals surface area (Å²) in [5.74, 6) is -0.246. The molecule has 0 saturated heterocycles. The van der Waals surface area contributed by atoms with Crippen LogP contribution in [-0.2, 0) is 16.1 Å². The van der Waals surface area contributed by atoms with Crippen molar-refractivity contribution >= 4 is 5.97 Å². The second-order valence-electron chi connectivity index (χ2n) is 4.35. The first-order valence-electron chi connectivity index (χ1n) is 6.72. The molecule has 0 radical (unpaired) electrons. The van der Waals surface area contributed by atoms with Crippen molar-refractivity contribution in [3.63, 3.8) is 0 Å².